The number of nitrogens with zero attached hydrogens (tertiary/aromatic N) is 2. The fourth-order valence-electron chi connectivity index (χ4n) is 3.61. The van der Waals surface area contributed by atoms with Gasteiger partial charge in [-0.1, -0.05) is 13.8 Å². The third-order valence-corrected chi connectivity index (χ3v) is 7.29. The van der Waals surface area contributed by atoms with Crippen molar-refractivity contribution in [1.82, 2.24) is 0 Å². The summed E-state index contributed by atoms with van der Waals surface area (Å²) in [5.74, 6) is 1.11. The quantitative estimate of drug-likeness (QED) is 0.495. The van der Waals surface area contributed by atoms with E-state index in [-0.39, 0.29) is 20.4 Å². The smallest absolute Gasteiger partial charge is 0.0956 e. The molecule has 2 fully saturated rings. The third-order valence-electron chi connectivity index (χ3n) is 7.29. The Morgan fingerprint density at radius 1 is 0.727 bits per heavy atom. The Balaban J connectivity index is 0.000000220. The number of hydrogen-bond donors (Lipinski definition) is 0. The van der Waals surface area contributed by atoms with Crippen LogP contribution in [0, 0.1) is 22.3 Å². The predicted molar refractivity (Wildman–Crippen MR) is 93.8 cm³/mol. The largest absolute Gasteiger partial charge is 0.633 e. The summed E-state index contributed by atoms with van der Waals surface area (Å²) in [4.78, 5) is 0. The molecule has 4 atom stereocenters. The fraction of sp³-hybridized carbons (Fsp3) is 1.00. The van der Waals surface area contributed by atoms with E-state index < -0.39 is 0 Å². The molecule has 0 N–H and O–H groups in total. The molecule has 0 spiro atoms. The van der Waals surface area contributed by atoms with Crippen LogP contribution in [0.5, 0.6) is 0 Å². The highest BCUT2D eigenvalue weighted by molar-refractivity contribution is 4.82. The SMILES string of the molecule is CC1CCC[N+](C)([O-])C1(C)C.CC1CCC[N+](C)([O-])C1(C)C. The van der Waals surface area contributed by atoms with E-state index in [1.807, 2.05) is 0 Å². The van der Waals surface area contributed by atoms with Gasteiger partial charge in [0.25, 0.3) is 0 Å². The zero-order valence-corrected chi connectivity index (χ0v) is 16.1. The zero-order chi connectivity index (χ0) is 17.4. The number of hydroxylamine groups is 6. The minimum absolute atomic E-state index is 0.0613. The molecular formula is C18H38N2O2. The fourth-order valence-corrected chi connectivity index (χ4v) is 3.61. The summed E-state index contributed by atoms with van der Waals surface area (Å²) in [5, 5.41) is 23.8. The number of quaternary nitrogens is 2. The van der Waals surface area contributed by atoms with Gasteiger partial charge in [-0.3, -0.25) is 0 Å². The molecule has 4 heteroatoms. The molecule has 0 amide bonds. The van der Waals surface area contributed by atoms with Crippen LogP contribution >= 0.6 is 0 Å². The molecule has 2 aliphatic heterocycles. The summed E-state index contributed by atoms with van der Waals surface area (Å²) in [5.41, 5.74) is -0.170. The van der Waals surface area contributed by atoms with Crippen LogP contribution in [0.3, 0.4) is 0 Å². The van der Waals surface area contributed by atoms with Crippen LogP contribution in [0.25, 0.3) is 0 Å². The van der Waals surface area contributed by atoms with Crippen LogP contribution in [0.4, 0.5) is 0 Å². The van der Waals surface area contributed by atoms with Crippen molar-refractivity contribution in [2.75, 3.05) is 27.2 Å². The maximum Gasteiger partial charge on any atom is 0.0956 e. The minimum atomic E-state index is -0.0851. The minimum Gasteiger partial charge on any atom is -0.633 e. The first-order valence-electron chi connectivity index (χ1n) is 8.89. The normalized spacial score (nSPS) is 43.9. The predicted octanol–water partition coefficient (Wildman–Crippen LogP) is 4.28. The molecule has 0 radical (unpaired) electrons. The Hall–Kier alpha value is -0.160. The maximum absolute atomic E-state index is 11.9. The van der Waals surface area contributed by atoms with Gasteiger partial charge in [0.2, 0.25) is 0 Å². The van der Waals surface area contributed by atoms with E-state index >= 15 is 0 Å². The van der Waals surface area contributed by atoms with Crippen LogP contribution in [-0.4, -0.2) is 47.6 Å². The highest BCUT2D eigenvalue weighted by atomic mass is 16.6. The van der Waals surface area contributed by atoms with Crippen LogP contribution < -0.4 is 0 Å². The van der Waals surface area contributed by atoms with E-state index in [1.54, 1.807) is 14.1 Å². The monoisotopic (exact) mass is 314 g/mol. The summed E-state index contributed by atoms with van der Waals surface area (Å²) in [6.07, 6.45) is 4.60. The van der Waals surface area contributed by atoms with E-state index in [9.17, 15) is 10.4 Å². The summed E-state index contributed by atoms with van der Waals surface area (Å²) in [6, 6.07) is 0. The van der Waals surface area contributed by atoms with Gasteiger partial charge in [-0.05, 0) is 53.4 Å². The lowest BCUT2D eigenvalue weighted by Crippen LogP contribution is -2.61. The van der Waals surface area contributed by atoms with Gasteiger partial charge in [-0.25, -0.2) is 0 Å². The first-order valence-corrected chi connectivity index (χ1v) is 8.89. The van der Waals surface area contributed by atoms with E-state index in [0.717, 1.165) is 25.9 Å². The number of likely N-dealkylation sites (tertiary alicyclic amines) is 2. The van der Waals surface area contributed by atoms with Crippen LogP contribution in [0.2, 0.25) is 0 Å². The number of piperidine rings is 2. The molecule has 0 saturated carbocycles. The van der Waals surface area contributed by atoms with Crippen LogP contribution in [0.1, 0.15) is 67.2 Å². The van der Waals surface area contributed by atoms with Gasteiger partial charge in [0.1, 0.15) is 0 Å². The molecule has 2 heterocycles. The van der Waals surface area contributed by atoms with Gasteiger partial charge in [0.05, 0.1) is 38.3 Å². The molecule has 0 aromatic rings. The van der Waals surface area contributed by atoms with Crippen molar-refractivity contribution >= 4 is 0 Å². The molecular weight excluding hydrogens is 276 g/mol. The van der Waals surface area contributed by atoms with E-state index in [0.29, 0.717) is 11.8 Å². The van der Waals surface area contributed by atoms with Crippen molar-refractivity contribution in [3.05, 3.63) is 10.4 Å². The second kappa shape index (κ2) is 6.39. The highest BCUT2D eigenvalue weighted by Crippen LogP contribution is 2.37. The summed E-state index contributed by atoms with van der Waals surface area (Å²) >= 11 is 0. The van der Waals surface area contributed by atoms with Crippen molar-refractivity contribution in [1.29, 1.82) is 0 Å². The standard InChI is InChI=1S/2C9H19NO/c2*1-8-6-5-7-10(4,11)9(8,2)3/h2*8H,5-7H2,1-4H3. The molecule has 132 valence electrons. The Labute approximate surface area is 137 Å². The van der Waals surface area contributed by atoms with Gasteiger partial charge in [0, 0.05) is 11.8 Å². The topological polar surface area (TPSA) is 46.1 Å². The Morgan fingerprint density at radius 3 is 1.18 bits per heavy atom. The van der Waals surface area contributed by atoms with Gasteiger partial charge >= 0.3 is 0 Å². The lowest BCUT2D eigenvalue weighted by Gasteiger charge is -2.57. The molecule has 2 rings (SSSR count). The average Bonchev–Trinajstić information content (AvgIpc) is 2.35. The van der Waals surface area contributed by atoms with Gasteiger partial charge in [0.15, 0.2) is 0 Å². The molecule has 4 nitrogen and oxygen atoms in total. The Kier molecular flexibility index (Phi) is 5.77. The van der Waals surface area contributed by atoms with Crippen molar-refractivity contribution in [2.24, 2.45) is 11.8 Å². The number of rotatable bonds is 0. The summed E-state index contributed by atoms with van der Waals surface area (Å²) < 4.78 is -0.123. The highest BCUT2D eigenvalue weighted by Gasteiger charge is 2.42. The van der Waals surface area contributed by atoms with E-state index in [1.165, 1.54) is 12.8 Å². The van der Waals surface area contributed by atoms with Crippen LogP contribution in [-0.2, 0) is 0 Å². The lowest BCUT2D eigenvalue weighted by atomic mass is 9.80. The summed E-state index contributed by atoms with van der Waals surface area (Å²) in [7, 11) is 3.60. The van der Waals surface area contributed by atoms with Crippen molar-refractivity contribution in [2.45, 2.75) is 78.3 Å². The molecule has 2 aliphatic rings. The number of hydrogen-bond acceptors (Lipinski definition) is 2. The van der Waals surface area contributed by atoms with Crippen molar-refractivity contribution in [3.63, 3.8) is 0 Å². The van der Waals surface area contributed by atoms with Gasteiger partial charge in [-0.15, -0.1) is 0 Å². The second-order valence-electron chi connectivity index (χ2n) is 9.04. The molecule has 22 heavy (non-hydrogen) atoms. The Morgan fingerprint density at radius 2 is 1.00 bits per heavy atom. The lowest BCUT2D eigenvalue weighted by molar-refractivity contribution is -0.920. The van der Waals surface area contributed by atoms with Gasteiger partial charge in [-0.2, -0.15) is 0 Å². The van der Waals surface area contributed by atoms with Gasteiger partial charge < -0.3 is 19.7 Å². The average molecular weight is 315 g/mol. The molecule has 2 saturated heterocycles. The summed E-state index contributed by atoms with van der Waals surface area (Å²) in [6.45, 7) is 14.3. The molecule has 0 aliphatic carbocycles. The molecule has 0 bridgehead atoms. The Bertz CT molecular complexity index is 339. The van der Waals surface area contributed by atoms with Crippen molar-refractivity contribution < 1.29 is 9.29 Å². The zero-order valence-electron chi connectivity index (χ0n) is 16.1. The van der Waals surface area contributed by atoms with Crippen LogP contribution in [0.15, 0.2) is 0 Å². The maximum atomic E-state index is 11.9. The molecule has 4 unspecified atom stereocenters. The molecule has 0 aromatic heterocycles. The first kappa shape index (κ1) is 19.9. The molecule has 0 aromatic carbocycles. The van der Waals surface area contributed by atoms with E-state index in [2.05, 4.69) is 41.5 Å². The third kappa shape index (κ3) is 3.66. The van der Waals surface area contributed by atoms with E-state index in [4.69, 9.17) is 0 Å². The second-order valence-corrected chi connectivity index (χ2v) is 9.04. The first-order chi connectivity index (χ1) is 9.76. The van der Waals surface area contributed by atoms with Crippen molar-refractivity contribution in [3.8, 4) is 0 Å².